The number of carbonyl (C=O) groups is 1. The van der Waals surface area contributed by atoms with Crippen molar-refractivity contribution in [1.82, 2.24) is 0 Å². The summed E-state index contributed by atoms with van der Waals surface area (Å²) in [6, 6.07) is 9.00. The lowest BCUT2D eigenvalue weighted by Gasteiger charge is -2.07. The van der Waals surface area contributed by atoms with Gasteiger partial charge in [0.25, 0.3) is 0 Å². The number of ketones is 1. The Morgan fingerprint density at radius 1 is 1.44 bits per heavy atom. The summed E-state index contributed by atoms with van der Waals surface area (Å²) in [5.41, 5.74) is 0.995. The second kappa shape index (κ2) is 4.84. The van der Waals surface area contributed by atoms with E-state index in [0.29, 0.717) is 11.1 Å². The third-order valence-electron chi connectivity index (χ3n) is 2.66. The van der Waals surface area contributed by atoms with Crippen molar-refractivity contribution in [1.29, 1.82) is 5.26 Å². The number of nitrogens with zero attached hydrogens (tertiary/aromatic N) is 1. The molecule has 2 rings (SSSR count). The molecule has 0 N–H and O–H groups in total. The maximum Gasteiger partial charge on any atom is 0.219 e. The molecule has 90 valence electrons. The van der Waals surface area contributed by atoms with Crippen molar-refractivity contribution in [3.05, 3.63) is 59.3 Å². The highest BCUT2D eigenvalue weighted by Gasteiger charge is 2.25. The van der Waals surface area contributed by atoms with E-state index in [9.17, 15) is 9.18 Å². The van der Waals surface area contributed by atoms with Crippen molar-refractivity contribution < 1.29 is 13.6 Å². The molecule has 0 fully saturated rings. The Kier molecular flexibility index (Phi) is 3.24. The van der Waals surface area contributed by atoms with Crippen molar-refractivity contribution in [3.8, 4) is 6.07 Å². The first-order valence-corrected chi connectivity index (χ1v) is 5.37. The van der Waals surface area contributed by atoms with Crippen molar-refractivity contribution in [3.63, 3.8) is 0 Å². The summed E-state index contributed by atoms with van der Waals surface area (Å²) in [5, 5.41) is 9.10. The van der Waals surface area contributed by atoms with Crippen LogP contribution >= 0.6 is 0 Å². The highest BCUT2D eigenvalue weighted by atomic mass is 19.1. The standard InChI is InChI=1S/C14H10FNO2/c1-9-5-6-18-14(9)13(17)12(8-16)10-3-2-4-11(15)7-10/h2-7,12H,1H3. The molecule has 1 heterocycles. The Labute approximate surface area is 103 Å². The van der Waals surface area contributed by atoms with Gasteiger partial charge in [-0.3, -0.25) is 4.79 Å². The van der Waals surface area contributed by atoms with Gasteiger partial charge in [-0.15, -0.1) is 0 Å². The molecule has 0 aliphatic carbocycles. The van der Waals surface area contributed by atoms with Gasteiger partial charge in [-0.2, -0.15) is 5.26 Å². The summed E-state index contributed by atoms with van der Waals surface area (Å²) < 4.78 is 18.2. The largest absolute Gasteiger partial charge is 0.461 e. The number of halogens is 1. The predicted molar refractivity (Wildman–Crippen MR) is 62.5 cm³/mol. The van der Waals surface area contributed by atoms with E-state index in [-0.39, 0.29) is 5.76 Å². The molecule has 1 aromatic heterocycles. The molecular formula is C14H10FNO2. The van der Waals surface area contributed by atoms with Gasteiger partial charge < -0.3 is 4.42 Å². The van der Waals surface area contributed by atoms with Crippen LogP contribution in [0.3, 0.4) is 0 Å². The topological polar surface area (TPSA) is 54.0 Å². The molecule has 18 heavy (non-hydrogen) atoms. The van der Waals surface area contributed by atoms with Gasteiger partial charge in [-0.1, -0.05) is 12.1 Å². The van der Waals surface area contributed by atoms with E-state index in [0.717, 1.165) is 0 Å². The number of rotatable bonds is 3. The molecule has 0 amide bonds. The quantitative estimate of drug-likeness (QED) is 0.778. The Hall–Kier alpha value is -2.41. The van der Waals surface area contributed by atoms with Crippen LogP contribution in [0.1, 0.15) is 27.6 Å². The highest BCUT2D eigenvalue weighted by Crippen LogP contribution is 2.23. The smallest absolute Gasteiger partial charge is 0.219 e. The van der Waals surface area contributed by atoms with Crippen LogP contribution in [0.15, 0.2) is 41.0 Å². The number of benzene rings is 1. The van der Waals surface area contributed by atoms with E-state index >= 15 is 0 Å². The summed E-state index contributed by atoms with van der Waals surface area (Å²) in [6.07, 6.45) is 1.39. The number of nitriles is 1. The van der Waals surface area contributed by atoms with Crippen LogP contribution in [0.5, 0.6) is 0 Å². The summed E-state index contributed by atoms with van der Waals surface area (Å²) in [4.78, 5) is 12.1. The van der Waals surface area contributed by atoms with E-state index in [1.54, 1.807) is 19.1 Å². The predicted octanol–water partition coefficient (Wildman–Crippen LogP) is 3.22. The van der Waals surface area contributed by atoms with Gasteiger partial charge in [0, 0.05) is 0 Å². The molecule has 0 saturated heterocycles. The Morgan fingerprint density at radius 2 is 2.22 bits per heavy atom. The van der Waals surface area contributed by atoms with Crippen LogP contribution < -0.4 is 0 Å². The molecule has 0 spiro atoms. The fourth-order valence-corrected chi connectivity index (χ4v) is 1.73. The summed E-state index contributed by atoms with van der Waals surface area (Å²) in [5.74, 6) is -1.83. The lowest BCUT2D eigenvalue weighted by atomic mass is 9.94. The van der Waals surface area contributed by atoms with Gasteiger partial charge in [0.1, 0.15) is 11.7 Å². The number of aryl methyl sites for hydroxylation is 1. The molecule has 2 aromatic rings. The molecule has 4 heteroatoms. The number of Topliss-reactive ketones (excluding diaryl/α,β-unsaturated/α-hetero) is 1. The minimum atomic E-state index is -1.05. The second-order valence-corrected chi connectivity index (χ2v) is 3.91. The first kappa shape index (κ1) is 12.1. The molecule has 1 aromatic carbocycles. The molecule has 0 aliphatic heterocycles. The van der Waals surface area contributed by atoms with Gasteiger partial charge in [0.2, 0.25) is 5.78 Å². The van der Waals surface area contributed by atoms with Crippen molar-refractivity contribution in [2.75, 3.05) is 0 Å². The van der Waals surface area contributed by atoms with Gasteiger partial charge in [0.15, 0.2) is 5.76 Å². The number of carbonyl (C=O) groups excluding carboxylic acids is 1. The van der Waals surface area contributed by atoms with E-state index in [1.165, 1.54) is 24.5 Å². The van der Waals surface area contributed by atoms with E-state index < -0.39 is 17.5 Å². The number of hydrogen-bond acceptors (Lipinski definition) is 3. The van der Waals surface area contributed by atoms with Gasteiger partial charge >= 0.3 is 0 Å². The Balaban J connectivity index is 2.39. The van der Waals surface area contributed by atoms with Gasteiger partial charge in [-0.25, -0.2) is 4.39 Å². The second-order valence-electron chi connectivity index (χ2n) is 3.91. The van der Waals surface area contributed by atoms with E-state index in [2.05, 4.69) is 0 Å². The fraction of sp³-hybridized carbons (Fsp3) is 0.143. The van der Waals surface area contributed by atoms with Crippen LogP contribution in [0.4, 0.5) is 4.39 Å². The van der Waals surface area contributed by atoms with E-state index in [1.807, 2.05) is 6.07 Å². The summed E-state index contributed by atoms with van der Waals surface area (Å²) in [6.45, 7) is 1.72. The molecule has 0 aliphatic rings. The van der Waals surface area contributed by atoms with Crippen LogP contribution in [-0.4, -0.2) is 5.78 Å². The van der Waals surface area contributed by atoms with Crippen LogP contribution in [0.25, 0.3) is 0 Å². The minimum Gasteiger partial charge on any atom is -0.461 e. The maximum absolute atomic E-state index is 13.1. The molecule has 3 nitrogen and oxygen atoms in total. The van der Waals surface area contributed by atoms with Gasteiger partial charge in [-0.05, 0) is 36.2 Å². The fourth-order valence-electron chi connectivity index (χ4n) is 1.73. The normalized spacial score (nSPS) is 11.8. The minimum absolute atomic E-state index is 0.144. The molecule has 0 saturated carbocycles. The maximum atomic E-state index is 13.1. The third-order valence-corrected chi connectivity index (χ3v) is 2.66. The van der Waals surface area contributed by atoms with E-state index in [4.69, 9.17) is 9.68 Å². The van der Waals surface area contributed by atoms with Crippen LogP contribution in [0, 0.1) is 24.1 Å². The molecule has 0 bridgehead atoms. The van der Waals surface area contributed by atoms with Gasteiger partial charge in [0.05, 0.1) is 12.3 Å². The monoisotopic (exact) mass is 243 g/mol. The Morgan fingerprint density at radius 3 is 2.78 bits per heavy atom. The van der Waals surface area contributed by atoms with Crippen molar-refractivity contribution >= 4 is 5.78 Å². The number of furan rings is 1. The number of hydrogen-bond donors (Lipinski definition) is 0. The Bertz CT molecular complexity index is 625. The first-order chi connectivity index (χ1) is 8.63. The van der Waals surface area contributed by atoms with Crippen molar-refractivity contribution in [2.45, 2.75) is 12.8 Å². The molecule has 1 unspecified atom stereocenters. The molecular weight excluding hydrogens is 233 g/mol. The zero-order valence-electron chi connectivity index (χ0n) is 9.68. The lowest BCUT2D eigenvalue weighted by Crippen LogP contribution is -2.11. The average molecular weight is 243 g/mol. The van der Waals surface area contributed by atoms with Crippen LogP contribution in [-0.2, 0) is 0 Å². The SMILES string of the molecule is Cc1ccoc1C(=O)C(C#N)c1cccc(F)c1. The average Bonchev–Trinajstić information content (AvgIpc) is 2.76. The molecule has 0 radical (unpaired) electrons. The zero-order valence-corrected chi connectivity index (χ0v) is 9.68. The highest BCUT2D eigenvalue weighted by molar-refractivity contribution is 6.01. The summed E-state index contributed by atoms with van der Waals surface area (Å²) >= 11 is 0. The lowest BCUT2D eigenvalue weighted by molar-refractivity contribution is 0.0951. The molecule has 1 atom stereocenters. The zero-order chi connectivity index (χ0) is 13.1. The van der Waals surface area contributed by atoms with Crippen molar-refractivity contribution in [2.24, 2.45) is 0 Å². The third kappa shape index (κ3) is 2.16. The van der Waals surface area contributed by atoms with Crippen LogP contribution in [0.2, 0.25) is 0 Å². The first-order valence-electron chi connectivity index (χ1n) is 5.37. The summed E-state index contributed by atoms with van der Waals surface area (Å²) in [7, 11) is 0.